The van der Waals surface area contributed by atoms with Gasteiger partial charge in [-0.3, -0.25) is 4.79 Å². The molecule has 0 unspecified atom stereocenters. The second kappa shape index (κ2) is 8.56. The normalized spacial score (nSPS) is 11.4. The number of carbonyl (C=O) groups is 1. The van der Waals surface area contributed by atoms with Gasteiger partial charge in [0.15, 0.2) is 0 Å². The van der Waals surface area contributed by atoms with Gasteiger partial charge in [0.1, 0.15) is 5.75 Å². The van der Waals surface area contributed by atoms with E-state index in [-0.39, 0.29) is 17.6 Å². The van der Waals surface area contributed by atoms with E-state index in [1.54, 1.807) is 47.4 Å². The van der Waals surface area contributed by atoms with Crippen LogP contribution < -0.4 is 4.18 Å². The van der Waals surface area contributed by atoms with Crippen molar-refractivity contribution in [2.45, 2.75) is 20.4 Å². The Balaban J connectivity index is 2.27. The molecule has 140 valence electrons. The molecule has 0 atom stereocenters. The van der Waals surface area contributed by atoms with Crippen molar-refractivity contribution in [3.05, 3.63) is 64.7 Å². The minimum Gasteiger partial charge on any atom is -0.383 e. The summed E-state index contributed by atoms with van der Waals surface area (Å²) in [5.74, 6) is 0.315. The number of hydrogen-bond donors (Lipinski definition) is 0. The molecule has 0 radical (unpaired) electrons. The Morgan fingerprint density at radius 3 is 2.46 bits per heavy atom. The highest BCUT2D eigenvalue weighted by atomic mass is 35.5. The van der Waals surface area contributed by atoms with Crippen molar-refractivity contribution in [3.8, 4) is 5.75 Å². The minimum atomic E-state index is -3.60. The van der Waals surface area contributed by atoms with Crippen LogP contribution in [0.1, 0.15) is 29.8 Å². The molecule has 0 aromatic heterocycles. The van der Waals surface area contributed by atoms with Gasteiger partial charge in [0.2, 0.25) is 0 Å². The number of benzene rings is 2. The first-order valence-corrected chi connectivity index (χ1v) is 10.4. The quantitative estimate of drug-likeness (QED) is 0.665. The van der Waals surface area contributed by atoms with Gasteiger partial charge in [0.05, 0.1) is 16.8 Å². The molecule has 5 nitrogen and oxygen atoms in total. The molecule has 0 saturated carbocycles. The summed E-state index contributed by atoms with van der Waals surface area (Å²) in [5, 5.41) is 0.403. The maximum atomic E-state index is 12.9. The van der Waals surface area contributed by atoms with E-state index in [4.69, 9.17) is 15.8 Å². The smallest absolute Gasteiger partial charge is 0.306 e. The van der Waals surface area contributed by atoms with Crippen LogP contribution in [0.2, 0.25) is 5.02 Å². The summed E-state index contributed by atoms with van der Waals surface area (Å²) < 4.78 is 27.5. The van der Waals surface area contributed by atoms with Gasteiger partial charge in [-0.2, -0.15) is 8.42 Å². The fourth-order valence-corrected chi connectivity index (χ4v) is 3.23. The molecule has 7 heteroatoms. The molecule has 2 aromatic rings. The van der Waals surface area contributed by atoms with Gasteiger partial charge in [-0.05, 0) is 35.7 Å². The van der Waals surface area contributed by atoms with E-state index >= 15 is 0 Å². The summed E-state index contributed by atoms with van der Waals surface area (Å²) >= 11 is 6.17. The number of amides is 1. The van der Waals surface area contributed by atoms with Crippen LogP contribution in [0.4, 0.5) is 0 Å². The molecule has 26 heavy (non-hydrogen) atoms. The Bertz CT molecular complexity index is 881. The molecule has 0 aliphatic carbocycles. The first kappa shape index (κ1) is 20.3. The summed E-state index contributed by atoms with van der Waals surface area (Å²) in [5.41, 5.74) is 1.21. The zero-order valence-corrected chi connectivity index (χ0v) is 16.5. The average molecular weight is 396 g/mol. The van der Waals surface area contributed by atoms with Gasteiger partial charge in [-0.1, -0.05) is 49.7 Å². The van der Waals surface area contributed by atoms with Crippen molar-refractivity contribution in [1.29, 1.82) is 0 Å². The van der Waals surface area contributed by atoms with Crippen molar-refractivity contribution in [3.63, 3.8) is 0 Å². The molecule has 0 aliphatic heterocycles. The minimum absolute atomic E-state index is 0.168. The molecule has 2 rings (SSSR count). The Kier molecular flexibility index (Phi) is 6.67. The number of hydrogen-bond acceptors (Lipinski definition) is 4. The van der Waals surface area contributed by atoms with E-state index in [0.717, 1.165) is 11.8 Å². The molecule has 0 heterocycles. The van der Waals surface area contributed by atoms with Crippen molar-refractivity contribution in [2.75, 3.05) is 12.8 Å². The predicted molar refractivity (Wildman–Crippen MR) is 103 cm³/mol. The van der Waals surface area contributed by atoms with Crippen LogP contribution in [0.15, 0.2) is 48.5 Å². The van der Waals surface area contributed by atoms with Crippen molar-refractivity contribution >= 4 is 27.6 Å². The summed E-state index contributed by atoms with van der Waals surface area (Å²) in [6.07, 6.45) is 0.992. The highest BCUT2D eigenvalue weighted by molar-refractivity contribution is 7.86. The third-order valence-electron chi connectivity index (χ3n) is 3.50. The van der Waals surface area contributed by atoms with Gasteiger partial charge in [-0.15, -0.1) is 0 Å². The molecule has 1 amide bonds. The SMILES string of the molecule is CC(C)CN(Cc1cccc(OS(C)(=O)=O)c1)C(=O)c1ccccc1Cl. The van der Waals surface area contributed by atoms with Gasteiger partial charge in [-0.25, -0.2) is 0 Å². The van der Waals surface area contributed by atoms with Crippen molar-refractivity contribution in [1.82, 2.24) is 4.90 Å². The number of carbonyl (C=O) groups excluding carboxylic acids is 1. The molecule has 2 aromatic carbocycles. The Morgan fingerprint density at radius 1 is 1.15 bits per heavy atom. The zero-order valence-electron chi connectivity index (χ0n) is 15.0. The summed E-state index contributed by atoms with van der Waals surface area (Å²) in [6, 6.07) is 13.6. The van der Waals surface area contributed by atoms with Crippen LogP contribution in [0, 0.1) is 5.92 Å². The van der Waals surface area contributed by atoms with Crippen molar-refractivity contribution in [2.24, 2.45) is 5.92 Å². The monoisotopic (exact) mass is 395 g/mol. The summed E-state index contributed by atoms with van der Waals surface area (Å²) in [6.45, 7) is 4.91. The van der Waals surface area contributed by atoms with Crippen LogP contribution in [0.3, 0.4) is 0 Å². The van der Waals surface area contributed by atoms with Crippen LogP contribution in [-0.4, -0.2) is 32.0 Å². The van der Waals surface area contributed by atoms with Gasteiger partial charge in [0.25, 0.3) is 5.91 Å². The van der Waals surface area contributed by atoms with Crippen LogP contribution in [-0.2, 0) is 16.7 Å². The fraction of sp³-hybridized carbons (Fsp3) is 0.316. The van der Waals surface area contributed by atoms with Crippen LogP contribution in [0.25, 0.3) is 0 Å². The van der Waals surface area contributed by atoms with Gasteiger partial charge < -0.3 is 9.08 Å². The topological polar surface area (TPSA) is 63.7 Å². The third kappa shape index (κ3) is 6.04. The van der Waals surface area contributed by atoms with E-state index in [2.05, 4.69) is 0 Å². The zero-order chi connectivity index (χ0) is 19.3. The van der Waals surface area contributed by atoms with E-state index in [1.165, 1.54) is 0 Å². The molecule has 0 N–H and O–H groups in total. The highest BCUT2D eigenvalue weighted by Gasteiger charge is 2.20. The largest absolute Gasteiger partial charge is 0.383 e. The summed E-state index contributed by atoms with van der Waals surface area (Å²) in [7, 11) is -3.60. The molecular weight excluding hydrogens is 374 g/mol. The lowest BCUT2D eigenvalue weighted by Gasteiger charge is -2.25. The maximum absolute atomic E-state index is 12.9. The molecule has 0 fully saturated rings. The Hall–Kier alpha value is -2.05. The van der Waals surface area contributed by atoms with Crippen LogP contribution in [0.5, 0.6) is 5.75 Å². The number of nitrogens with zero attached hydrogens (tertiary/aromatic N) is 1. The summed E-state index contributed by atoms with van der Waals surface area (Å²) in [4.78, 5) is 14.6. The third-order valence-corrected chi connectivity index (χ3v) is 4.32. The van der Waals surface area contributed by atoms with E-state index in [0.29, 0.717) is 23.7 Å². The highest BCUT2D eigenvalue weighted by Crippen LogP contribution is 2.21. The van der Waals surface area contributed by atoms with Gasteiger partial charge in [0, 0.05) is 13.1 Å². The van der Waals surface area contributed by atoms with Gasteiger partial charge >= 0.3 is 10.1 Å². The molecule has 0 bridgehead atoms. The second-order valence-corrected chi connectivity index (χ2v) is 8.48. The van der Waals surface area contributed by atoms with Crippen LogP contribution >= 0.6 is 11.6 Å². The molecule has 0 aliphatic rings. The fourth-order valence-electron chi connectivity index (χ4n) is 2.56. The number of halogens is 1. The second-order valence-electron chi connectivity index (χ2n) is 6.49. The standard InChI is InChI=1S/C19H22ClNO4S/c1-14(2)12-21(19(22)17-9-4-5-10-18(17)20)13-15-7-6-8-16(11-15)25-26(3,23)24/h4-11,14H,12-13H2,1-3H3. The lowest BCUT2D eigenvalue weighted by molar-refractivity contribution is 0.0722. The molecule has 0 spiro atoms. The first-order chi connectivity index (χ1) is 12.2. The van der Waals surface area contributed by atoms with Crippen molar-refractivity contribution < 1.29 is 17.4 Å². The van der Waals surface area contributed by atoms with E-state index < -0.39 is 10.1 Å². The van der Waals surface area contributed by atoms with E-state index in [9.17, 15) is 13.2 Å². The predicted octanol–water partition coefficient (Wildman–Crippen LogP) is 3.98. The molecule has 0 saturated heterocycles. The van der Waals surface area contributed by atoms with E-state index in [1.807, 2.05) is 19.9 Å². The Labute approximate surface area is 159 Å². The molecular formula is C19H22ClNO4S. The lowest BCUT2D eigenvalue weighted by atomic mass is 10.1. The number of rotatable bonds is 7. The Morgan fingerprint density at radius 2 is 1.85 bits per heavy atom. The lowest BCUT2D eigenvalue weighted by Crippen LogP contribution is -2.34. The average Bonchev–Trinajstić information content (AvgIpc) is 2.52. The first-order valence-electron chi connectivity index (χ1n) is 8.18. The maximum Gasteiger partial charge on any atom is 0.306 e.